The van der Waals surface area contributed by atoms with Gasteiger partial charge in [-0.3, -0.25) is 14.5 Å². The van der Waals surface area contributed by atoms with Crippen LogP contribution in [-0.4, -0.2) is 90.6 Å². The zero-order chi connectivity index (χ0) is 23.5. The highest BCUT2D eigenvalue weighted by molar-refractivity contribution is 5.90. The largest absolute Gasteiger partial charge is 0.377 e. The average Bonchev–Trinajstić information content (AvgIpc) is 3.50. The molecule has 186 valence electrons. The first-order valence-corrected chi connectivity index (χ1v) is 13.3. The minimum Gasteiger partial charge on any atom is -0.377 e. The molecule has 1 aliphatic carbocycles. The van der Waals surface area contributed by atoms with Gasteiger partial charge < -0.3 is 19.9 Å². The van der Waals surface area contributed by atoms with Crippen LogP contribution < -0.4 is 5.32 Å². The van der Waals surface area contributed by atoms with Crippen molar-refractivity contribution >= 4 is 11.8 Å². The van der Waals surface area contributed by atoms with Gasteiger partial charge in [0, 0.05) is 57.8 Å². The van der Waals surface area contributed by atoms with Crippen molar-refractivity contribution in [3.8, 4) is 0 Å². The molecule has 3 saturated heterocycles. The van der Waals surface area contributed by atoms with E-state index in [2.05, 4.69) is 41.4 Å². The maximum atomic E-state index is 13.7. The summed E-state index contributed by atoms with van der Waals surface area (Å²) in [5.74, 6) is 0.470. The van der Waals surface area contributed by atoms with Gasteiger partial charge in [-0.1, -0.05) is 24.3 Å². The number of rotatable bonds is 7. The van der Waals surface area contributed by atoms with E-state index in [1.165, 1.54) is 11.1 Å². The fourth-order valence-electron chi connectivity index (χ4n) is 5.80. The zero-order valence-electron chi connectivity index (χ0n) is 20.6. The molecule has 1 aromatic rings. The SMILES string of the molecule is Cc1ccccc1CN(CC1CCCO1)C1CC(C(=O)N2CCCNCC2)N(C(=O)C2CC2)C1. The molecular formula is C27H40N4O3. The molecule has 2 amide bonds. The fourth-order valence-corrected chi connectivity index (χ4v) is 5.80. The van der Waals surface area contributed by atoms with E-state index in [1.807, 2.05) is 9.80 Å². The van der Waals surface area contributed by atoms with Crippen LogP contribution in [0.25, 0.3) is 0 Å². The van der Waals surface area contributed by atoms with Crippen LogP contribution in [0, 0.1) is 12.8 Å². The Balaban J connectivity index is 1.37. The van der Waals surface area contributed by atoms with Gasteiger partial charge >= 0.3 is 0 Å². The second-order valence-electron chi connectivity index (χ2n) is 10.6. The summed E-state index contributed by atoms with van der Waals surface area (Å²) >= 11 is 0. The number of nitrogens with zero attached hydrogens (tertiary/aromatic N) is 3. The quantitative estimate of drug-likeness (QED) is 0.665. The summed E-state index contributed by atoms with van der Waals surface area (Å²) in [6.07, 6.45) is 6.07. The second kappa shape index (κ2) is 10.8. The lowest BCUT2D eigenvalue weighted by Crippen LogP contribution is -2.49. The molecule has 4 aliphatic rings. The van der Waals surface area contributed by atoms with Gasteiger partial charge in [0.15, 0.2) is 0 Å². The molecule has 1 N–H and O–H groups in total. The molecule has 7 heteroatoms. The van der Waals surface area contributed by atoms with Crippen molar-refractivity contribution in [1.82, 2.24) is 20.0 Å². The van der Waals surface area contributed by atoms with Crippen molar-refractivity contribution in [2.75, 3.05) is 45.9 Å². The topological polar surface area (TPSA) is 65.1 Å². The molecule has 34 heavy (non-hydrogen) atoms. The van der Waals surface area contributed by atoms with Crippen LogP contribution in [0.3, 0.4) is 0 Å². The lowest BCUT2D eigenvalue weighted by Gasteiger charge is -2.31. The molecule has 3 unspecified atom stereocenters. The van der Waals surface area contributed by atoms with E-state index < -0.39 is 0 Å². The maximum Gasteiger partial charge on any atom is 0.245 e. The summed E-state index contributed by atoms with van der Waals surface area (Å²) in [5.41, 5.74) is 2.60. The maximum absolute atomic E-state index is 13.7. The number of nitrogens with one attached hydrogen (secondary N) is 1. The molecule has 3 atom stereocenters. The molecule has 3 heterocycles. The number of hydrogen-bond acceptors (Lipinski definition) is 5. The number of carbonyl (C=O) groups excluding carboxylic acids is 2. The summed E-state index contributed by atoms with van der Waals surface area (Å²) in [6, 6.07) is 8.39. The minimum absolute atomic E-state index is 0.128. The van der Waals surface area contributed by atoms with Gasteiger partial charge in [0.05, 0.1) is 6.10 Å². The summed E-state index contributed by atoms with van der Waals surface area (Å²) in [5, 5.41) is 3.39. The summed E-state index contributed by atoms with van der Waals surface area (Å²) in [6.45, 7) is 8.63. The number of hydrogen-bond donors (Lipinski definition) is 1. The van der Waals surface area contributed by atoms with E-state index in [-0.39, 0.29) is 35.9 Å². The van der Waals surface area contributed by atoms with Crippen molar-refractivity contribution in [2.45, 2.75) is 70.2 Å². The van der Waals surface area contributed by atoms with Crippen LogP contribution in [0.15, 0.2) is 24.3 Å². The van der Waals surface area contributed by atoms with E-state index >= 15 is 0 Å². The molecule has 5 rings (SSSR count). The van der Waals surface area contributed by atoms with Crippen LogP contribution in [0.4, 0.5) is 0 Å². The highest BCUT2D eigenvalue weighted by atomic mass is 16.5. The third-order valence-corrected chi connectivity index (χ3v) is 8.04. The Labute approximate surface area is 203 Å². The molecule has 0 bridgehead atoms. The number of carbonyl (C=O) groups is 2. The third kappa shape index (κ3) is 5.47. The number of aryl methyl sites for hydroxylation is 1. The van der Waals surface area contributed by atoms with E-state index in [0.717, 1.165) is 84.4 Å². The van der Waals surface area contributed by atoms with Crippen LogP contribution in [-0.2, 0) is 20.9 Å². The van der Waals surface area contributed by atoms with Gasteiger partial charge in [-0.05, 0) is 63.1 Å². The second-order valence-corrected chi connectivity index (χ2v) is 10.6. The Hall–Kier alpha value is -1.96. The highest BCUT2D eigenvalue weighted by Crippen LogP contribution is 2.35. The van der Waals surface area contributed by atoms with Gasteiger partial charge in [0.2, 0.25) is 11.8 Å². The Bertz CT molecular complexity index is 859. The predicted octanol–water partition coefficient (Wildman–Crippen LogP) is 2.18. The van der Waals surface area contributed by atoms with Crippen molar-refractivity contribution < 1.29 is 14.3 Å². The number of ether oxygens (including phenoxy) is 1. The molecule has 7 nitrogen and oxygen atoms in total. The van der Waals surface area contributed by atoms with Crippen LogP contribution in [0.5, 0.6) is 0 Å². The van der Waals surface area contributed by atoms with Crippen molar-refractivity contribution in [3.05, 3.63) is 35.4 Å². The predicted molar refractivity (Wildman–Crippen MR) is 131 cm³/mol. The van der Waals surface area contributed by atoms with E-state index in [1.54, 1.807) is 0 Å². The smallest absolute Gasteiger partial charge is 0.245 e. The first-order chi connectivity index (χ1) is 16.6. The number of likely N-dealkylation sites (tertiary alicyclic amines) is 1. The van der Waals surface area contributed by atoms with Crippen LogP contribution in [0.2, 0.25) is 0 Å². The first kappa shape index (κ1) is 23.8. The van der Waals surface area contributed by atoms with Crippen molar-refractivity contribution in [2.24, 2.45) is 5.92 Å². The molecular weight excluding hydrogens is 428 g/mol. The minimum atomic E-state index is -0.333. The van der Waals surface area contributed by atoms with Crippen LogP contribution >= 0.6 is 0 Å². The molecule has 0 aromatic heterocycles. The monoisotopic (exact) mass is 468 g/mol. The number of amides is 2. The van der Waals surface area contributed by atoms with E-state index in [4.69, 9.17) is 4.74 Å². The van der Waals surface area contributed by atoms with Crippen molar-refractivity contribution in [1.29, 1.82) is 0 Å². The zero-order valence-corrected chi connectivity index (χ0v) is 20.6. The van der Waals surface area contributed by atoms with Gasteiger partial charge in [0.25, 0.3) is 0 Å². The number of benzene rings is 1. The summed E-state index contributed by atoms with van der Waals surface area (Å²) < 4.78 is 6.01. The lowest BCUT2D eigenvalue weighted by molar-refractivity contribution is -0.144. The normalized spacial score (nSPS) is 27.9. The molecule has 1 saturated carbocycles. The molecule has 3 aliphatic heterocycles. The Morgan fingerprint density at radius 2 is 1.94 bits per heavy atom. The van der Waals surface area contributed by atoms with Crippen LogP contribution in [0.1, 0.15) is 49.7 Å². The molecule has 1 aromatic carbocycles. The molecule has 0 spiro atoms. The third-order valence-electron chi connectivity index (χ3n) is 8.04. The van der Waals surface area contributed by atoms with E-state index in [9.17, 15) is 9.59 Å². The molecule has 4 fully saturated rings. The Morgan fingerprint density at radius 3 is 2.71 bits per heavy atom. The summed E-state index contributed by atoms with van der Waals surface area (Å²) in [4.78, 5) is 33.4. The van der Waals surface area contributed by atoms with E-state index in [0.29, 0.717) is 6.54 Å². The highest BCUT2D eigenvalue weighted by Gasteiger charge is 2.47. The first-order valence-electron chi connectivity index (χ1n) is 13.3. The van der Waals surface area contributed by atoms with Crippen molar-refractivity contribution in [3.63, 3.8) is 0 Å². The van der Waals surface area contributed by atoms with Gasteiger partial charge in [-0.15, -0.1) is 0 Å². The van der Waals surface area contributed by atoms with Gasteiger partial charge in [0.1, 0.15) is 6.04 Å². The van der Waals surface area contributed by atoms with Gasteiger partial charge in [-0.2, -0.15) is 0 Å². The lowest BCUT2D eigenvalue weighted by atomic mass is 10.0. The summed E-state index contributed by atoms with van der Waals surface area (Å²) in [7, 11) is 0. The Kier molecular flexibility index (Phi) is 7.52. The average molecular weight is 469 g/mol. The standard InChI is InChI=1S/C27H40N4O3/c1-20-6-2-3-7-22(20)17-30(19-24-8-4-15-34-24)23-16-25(31(18-23)26(32)21-9-10-21)27(33)29-13-5-11-28-12-14-29/h2-3,6-7,21,23-25,28H,4-5,8-19H2,1H3. The molecule has 0 radical (unpaired) electrons. The Morgan fingerprint density at radius 1 is 1.09 bits per heavy atom. The fraction of sp³-hybridized carbons (Fsp3) is 0.704. The van der Waals surface area contributed by atoms with Gasteiger partial charge in [-0.25, -0.2) is 0 Å².